The first kappa shape index (κ1) is 22.5. The van der Waals surface area contributed by atoms with Crippen LogP contribution in [0.15, 0.2) is 70.5 Å². The lowest BCUT2D eigenvalue weighted by molar-refractivity contribution is -0.136. The number of phenolic OH excluding ortho intramolecular Hbond substituents is 1. The lowest BCUT2D eigenvalue weighted by atomic mass is 9.82. The van der Waals surface area contributed by atoms with Gasteiger partial charge < -0.3 is 10.2 Å². The van der Waals surface area contributed by atoms with Gasteiger partial charge >= 0.3 is 5.97 Å². The number of nitrogens with zero attached hydrogens (tertiary/aromatic N) is 3. The minimum atomic E-state index is -0.833. The minimum Gasteiger partial charge on any atom is -0.505 e. The van der Waals surface area contributed by atoms with E-state index in [1.165, 1.54) is 11.2 Å². The molecule has 1 fully saturated rings. The number of aryl methyl sites for hydroxylation is 1. The average molecular weight is 474 g/mol. The molecule has 174 valence electrons. The molecule has 7 heteroatoms. The molecule has 4 aromatic rings. The maximum atomic E-state index is 11.2. The molecule has 1 heterocycles. The van der Waals surface area contributed by atoms with Crippen LogP contribution in [-0.4, -0.2) is 31.2 Å². The summed E-state index contributed by atoms with van der Waals surface area (Å²) in [7, 11) is 0. The molecule has 0 bridgehead atoms. The van der Waals surface area contributed by atoms with Crippen LogP contribution in [-0.2, 0) is 11.2 Å². The largest absolute Gasteiger partial charge is 0.505 e. The summed E-state index contributed by atoms with van der Waals surface area (Å²) in [6.07, 6.45) is 6.02. The number of carboxylic acid groups (broad SMARTS) is 1. The van der Waals surface area contributed by atoms with Crippen molar-refractivity contribution >= 4 is 28.8 Å². The summed E-state index contributed by atoms with van der Waals surface area (Å²) in [6, 6.07) is 19.9. The Kier molecular flexibility index (Phi) is 6.54. The van der Waals surface area contributed by atoms with Crippen LogP contribution in [0.1, 0.15) is 55.6 Å². The molecule has 0 unspecified atom stereocenters. The normalized spacial score (nSPS) is 14.5. The van der Waals surface area contributed by atoms with Gasteiger partial charge in [0.2, 0.25) is 0 Å². The number of benzene rings is 3. The number of aliphatic carboxylic acids is 1. The summed E-state index contributed by atoms with van der Waals surface area (Å²) in [5.41, 5.74) is 3.77. The van der Waals surface area contributed by atoms with Gasteiger partial charge in [-0.1, -0.05) is 55.3 Å². The zero-order valence-corrected chi connectivity index (χ0v) is 19.7. The highest BCUT2D eigenvalue weighted by Crippen LogP contribution is 2.40. The monoisotopic (exact) mass is 473 g/mol. The van der Waals surface area contributed by atoms with Gasteiger partial charge in [-0.25, -0.2) is 0 Å². The lowest BCUT2D eigenvalue weighted by Crippen LogP contribution is -2.09. The smallest absolute Gasteiger partial charge is 0.303 e. The van der Waals surface area contributed by atoms with E-state index in [4.69, 9.17) is 0 Å². The van der Waals surface area contributed by atoms with Gasteiger partial charge in [0.15, 0.2) is 0 Å². The van der Waals surface area contributed by atoms with Crippen LogP contribution in [0.3, 0.4) is 0 Å². The van der Waals surface area contributed by atoms with Crippen LogP contribution in [0.4, 0.5) is 0 Å². The van der Waals surface area contributed by atoms with Crippen LogP contribution >= 0.6 is 11.8 Å². The topological polar surface area (TPSA) is 88.2 Å². The molecule has 5 rings (SSSR count). The van der Waals surface area contributed by atoms with Crippen LogP contribution in [0.25, 0.3) is 16.7 Å². The van der Waals surface area contributed by atoms with E-state index in [2.05, 4.69) is 22.3 Å². The number of rotatable bonds is 7. The van der Waals surface area contributed by atoms with E-state index in [1.54, 1.807) is 11.8 Å². The van der Waals surface area contributed by atoms with Crippen molar-refractivity contribution in [1.82, 2.24) is 15.0 Å². The van der Waals surface area contributed by atoms with Gasteiger partial charge in [0.25, 0.3) is 0 Å². The maximum Gasteiger partial charge on any atom is 0.303 e. The molecule has 0 radical (unpaired) electrons. The molecular weight excluding hydrogens is 446 g/mol. The Balaban J connectivity index is 1.52. The average Bonchev–Trinajstić information content (AvgIpc) is 3.27. The first-order chi connectivity index (χ1) is 16.6. The first-order valence-electron chi connectivity index (χ1n) is 11.7. The number of aromatic nitrogens is 3. The summed E-state index contributed by atoms with van der Waals surface area (Å²) in [5.74, 6) is -0.360. The van der Waals surface area contributed by atoms with Crippen molar-refractivity contribution in [2.45, 2.75) is 60.7 Å². The van der Waals surface area contributed by atoms with Crippen molar-refractivity contribution in [3.8, 4) is 11.4 Å². The third-order valence-corrected chi connectivity index (χ3v) is 7.40. The molecule has 0 atom stereocenters. The molecule has 1 aliphatic rings. The Labute approximate surface area is 202 Å². The van der Waals surface area contributed by atoms with Gasteiger partial charge in [0, 0.05) is 16.2 Å². The highest BCUT2D eigenvalue weighted by atomic mass is 32.2. The Hall–Kier alpha value is -3.32. The fourth-order valence-electron chi connectivity index (χ4n) is 4.66. The molecule has 0 amide bonds. The minimum absolute atomic E-state index is 0.0445. The van der Waals surface area contributed by atoms with E-state index < -0.39 is 5.97 Å². The zero-order chi connectivity index (χ0) is 23.5. The summed E-state index contributed by atoms with van der Waals surface area (Å²) >= 11 is 1.66. The van der Waals surface area contributed by atoms with Crippen molar-refractivity contribution in [3.05, 3.63) is 71.8 Å². The quantitative estimate of drug-likeness (QED) is 0.325. The summed E-state index contributed by atoms with van der Waals surface area (Å²) < 4.78 is 0. The Morgan fingerprint density at radius 1 is 0.941 bits per heavy atom. The predicted molar refractivity (Wildman–Crippen MR) is 133 cm³/mol. The maximum absolute atomic E-state index is 11.2. The number of carboxylic acids is 1. The number of aromatic hydroxyl groups is 1. The second-order valence-electron chi connectivity index (χ2n) is 8.84. The third kappa shape index (κ3) is 4.94. The molecular formula is C27H27N3O3S. The number of fused-ring (bicyclic) bond motifs is 1. The SMILES string of the molecule is O=C(O)CCc1cc(C2CCCCC2)c(O)c(-n2nc3ccc(Sc4ccccc4)cc3n2)c1. The summed E-state index contributed by atoms with van der Waals surface area (Å²) in [5, 5.41) is 29.7. The molecule has 1 aliphatic carbocycles. The van der Waals surface area contributed by atoms with Crippen molar-refractivity contribution in [1.29, 1.82) is 0 Å². The highest BCUT2D eigenvalue weighted by molar-refractivity contribution is 7.99. The fourth-order valence-corrected chi connectivity index (χ4v) is 5.54. The Morgan fingerprint density at radius 2 is 1.71 bits per heavy atom. The van der Waals surface area contributed by atoms with Crippen molar-refractivity contribution in [3.63, 3.8) is 0 Å². The Morgan fingerprint density at radius 3 is 2.47 bits per heavy atom. The van der Waals surface area contributed by atoms with E-state index in [0.717, 1.165) is 57.6 Å². The van der Waals surface area contributed by atoms with Gasteiger partial charge in [-0.3, -0.25) is 4.79 Å². The third-order valence-electron chi connectivity index (χ3n) is 6.40. The van der Waals surface area contributed by atoms with E-state index >= 15 is 0 Å². The molecule has 0 aliphatic heterocycles. The van der Waals surface area contributed by atoms with E-state index in [-0.39, 0.29) is 18.1 Å². The first-order valence-corrected chi connectivity index (χ1v) is 12.6. The molecule has 0 spiro atoms. The van der Waals surface area contributed by atoms with Crippen molar-refractivity contribution in [2.75, 3.05) is 0 Å². The lowest BCUT2D eigenvalue weighted by Gasteiger charge is -2.24. The summed E-state index contributed by atoms with van der Waals surface area (Å²) in [6.45, 7) is 0. The Bertz CT molecular complexity index is 1310. The second kappa shape index (κ2) is 9.89. The number of phenols is 1. The number of hydrogen-bond donors (Lipinski definition) is 2. The summed E-state index contributed by atoms with van der Waals surface area (Å²) in [4.78, 5) is 14.9. The predicted octanol–water partition coefficient (Wildman–Crippen LogP) is 6.34. The van der Waals surface area contributed by atoms with Crippen LogP contribution in [0.5, 0.6) is 5.75 Å². The molecule has 1 aromatic heterocycles. The van der Waals surface area contributed by atoms with Gasteiger partial charge in [0.1, 0.15) is 22.5 Å². The van der Waals surface area contributed by atoms with E-state index in [9.17, 15) is 15.0 Å². The highest BCUT2D eigenvalue weighted by Gasteiger charge is 2.23. The van der Waals surface area contributed by atoms with Crippen LogP contribution < -0.4 is 0 Å². The van der Waals surface area contributed by atoms with Gasteiger partial charge in [-0.2, -0.15) is 0 Å². The van der Waals surface area contributed by atoms with E-state index in [1.807, 2.05) is 48.5 Å². The van der Waals surface area contributed by atoms with Crippen LogP contribution in [0, 0.1) is 0 Å². The molecule has 3 aromatic carbocycles. The van der Waals surface area contributed by atoms with Crippen molar-refractivity contribution < 1.29 is 15.0 Å². The number of carbonyl (C=O) groups is 1. The standard InChI is InChI=1S/C27H27N3O3S/c31-26(32)14-11-18-15-22(19-7-3-1-4-8-19)27(33)25(16-18)30-28-23-13-12-21(17-24(23)29-30)34-20-9-5-2-6-10-20/h2,5-6,9-10,12-13,15-17,19,33H,1,3-4,7-8,11,14H2,(H,31,32). The van der Waals surface area contributed by atoms with Crippen molar-refractivity contribution in [2.24, 2.45) is 0 Å². The molecule has 1 saturated carbocycles. The van der Waals surface area contributed by atoms with Gasteiger partial charge in [-0.05, 0) is 72.7 Å². The number of hydrogen-bond acceptors (Lipinski definition) is 5. The van der Waals surface area contributed by atoms with Gasteiger partial charge in [0.05, 0.1) is 0 Å². The van der Waals surface area contributed by atoms with Crippen LogP contribution in [0.2, 0.25) is 0 Å². The fraction of sp³-hybridized carbons (Fsp3) is 0.296. The zero-order valence-electron chi connectivity index (χ0n) is 18.9. The van der Waals surface area contributed by atoms with Gasteiger partial charge in [-0.15, -0.1) is 15.0 Å². The van der Waals surface area contributed by atoms with E-state index in [0.29, 0.717) is 12.1 Å². The molecule has 2 N–H and O–H groups in total. The molecule has 0 saturated heterocycles. The molecule has 34 heavy (non-hydrogen) atoms. The second-order valence-corrected chi connectivity index (χ2v) is 9.98. The molecule has 6 nitrogen and oxygen atoms in total.